The Labute approximate surface area is 176 Å². The first kappa shape index (κ1) is 20.0. The van der Waals surface area contributed by atoms with Crippen molar-refractivity contribution in [2.75, 3.05) is 18.4 Å². The Morgan fingerprint density at radius 3 is 2.47 bits per heavy atom. The molecule has 5 nitrogen and oxygen atoms in total. The summed E-state index contributed by atoms with van der Waals surface area (Å²) in [5, 5.41) is 6.86. The van der Waals surface area contributed by atoms with Gasteiger partial charge in [-0.05, 0) is 48.7 Å². The Morgan fingerprint density at radius 1 is 0.900 bits per heavy atom. The number of rotatable bonds is 8. The first-order chi connectivity index (χ1) is 14.6. The molecular weight excluding hydrogens is 374 g/mol. The summed E-state index contributed by atoms with van der Waals surface area (Å²) in [6.07, 6.45) is 0. The largest absolute Gasteiger partial charge is 0.420 e. The van der Waals surface area contributed by atoms with Crippen molar-refractivity contribution in [3.8, 4) is 11.1 Å². The number of hydrogen-bond acceptors (Lipinski definition) is 4. The van der Waals surface area contributed by atoms with Gasteiger partial charge in [0.15, 0.2) is 5.58 Å². The number of nitrogens with one attached hydrogen (secondary N) is 2. The molecule has 0 saturated heterocycles. The second-order valence-electron chi connectivity index (χ2n) is 7.66. The van der Waals surface area contributed by atoms with Crippen LogP contribution < -0.4 is 16.4 Å². The summed E-state index contributed by atoms with van der Waals surface area (Å²) in [5.41, 5.74) is 5.99. The minimum Gasteiger partial charge on any atom is -0.405 e. The highest BCUT2D eigenvalue weighted by molar-refractivity contribution is 5.86. The number of hydrogen-bond donors (Lipinski definition) is 2. The van der Waals surface area contributed by atoms with Gasteiger partial charge in [-0.1, -0.05) is 54.6 Å². The average Bonchev–Trinajstić information content (AvgIpc) is 3.11. The van der Waals surface area contributed by atoms with E-state index in [1.54, 1.807) is 4.57 Å². The summed E-state index contributed by atoms with van der Waals surface area (Å²) >= 11 is 0. The van der Waals surface area contributed by atoms with Crippen LogP contribution in [0.1, 0.15) is 25.5 Å². The van der Waals surface area contributed by atoms with E-state index >= 15 is 0 Å². The third kappa shape index (κ3) is 4.31. The molecule has 154 valence electrons. The summed E-state index contributed by atoms with van der Waals surface area (Å²) in [4.78, 5) is 12.2. The van der Waals surface area contributed by atoms with Crippen molar-refractivity contribution in [2.45, 2.75) is 26.4 Å². The molecule has 0 radical (unpaired) electrons. The predicted molar refractivity (Wildman–Crippen MR) is 123 cm³/mol. The van der Waals surface area contributed by atoms with Crippen LogP contribution >= 0.6 is 0 Å². The van der Waals surface area contributed by atoms with Crippen molar-refractivity contribution in [2.24, 2.45) is 0 Å². The molecule has 1 heterocycles. The Balaban J connectivity index is 1.34. The van der Waals surface area contributed by atoms with E-state index in [0.29, 0.717) is 5.58 Å². The highest BCUT2D eigenvalue weighted by atomic mass is 16.4. The van der Waals surface area contributed by atoms with Gasteiger partial charge >= 0.3 is 5.76 Å². The summed E-state index contributed by atoms with van der Waals surface area (Å²) in [6.45, 7) is 6.28. The van der Waals surface area contributed by atoms with Crippen molar-refractivity contribution in [3.05, 3.63) is 88.9 Å². The minimum absolute atomic E-state index is 0.0577. The Kier molecular flexibility index (Phi) is 6.00. The molecule has 2 N–H and O–H groups in total. The molecule has 0 atom stereocenters. The smallest absolute Gasteiger partial charge is 0.405 e. The number of oxazole rings is 1. The van der Waals surface area contributed by atoms with Gasteiger partial charge in [0.2, 0.25) is 0 Å². The molecule has 0 amide bonds. The average molecular weight is 402 g/mol. The number of para-hydroxylation sites is 1. The first-order valence-electron chi connectivity index (χ1n) is 10.4. The van der Waals surface area contributed by atoms with Crippen LogP contribution in [0.5, 0.6) is 0 Å². The van der Waals surface area contributed by atoms with Crippen LogP contribution in [0.2, 0.25) is 0 Å². The van der Waals surface area contributed by atoms with E-state index in [9.17, 15) is 4.79 Å². The molecule has 1 aromatic heterocycles. The van der Waals surface area contributed by atoms with E-state index in [1.165, 1.54) is 16.7 Å². The van der Waals surface area contributed by atoms with Gasteiger partial charge < -0.3 is 15.1 Å². The summed E-state index contributed by atoms with van der Waals surface area (Å²) in [6, 6.07) is 24.9. The normalized spacial score (nSPS) is 11.3. The van der Waals surface area contributed by atoms with Crippen molar-refractivity contribution in [3.63, 3.8) is 0 Å². The lowest BCUT2D eigenvalue weighted by Gasteiger charge is -2.10. The Morgan fingerprint density at radius 2 is 1.67 bits per heavy atom. The van der Waals surface area contributed by atoms with Crippen molar-refractivity contribution in [1.82, 2.24) is 9.88 Å². The predicted octanol–water partition coefficient (Wildman–Crippen LogP) is 5.04. The monoisotopic (exact) mass is 401 g/mol. The number of anilines is 1. The van der Waals surface area contributed by atoms with E-state index in [4.69, 9.17) is 4.42 Å². The van der Waals surface area contributed by atoms with Gasteiger partial charge in [-0.15, -0.1) is 0 Å². The minimum atomic E-state index is -0.314. The molecule has 4 rings (SSSR count). The van der Waals surface area contributed by atoms with E-state index in [-0.39, 0.29) is 11.8 Å². The maximum atomic E-state index is 12.2. The number of aromatic nitrogens is 1. The van der Waals surface area contributed by atoms with Gasteiger partial charge in [0.25, 0.3) is 0 Å². The molecule has 0 aliphatic rings. The third-order valence-electron chi connectivity index (χ3n) is 5.14. The number of benzene rings is 3. The second kappa shape index (κ2) is 9.01. The lowest BCUT2D eigenvalue weighted by Crippen LogP contribution is -2.21. The Hall–Kier alpha value is -3.31. The van der Waals surface area contributed by atoms with Gasteiger partial charge in [0, 0.05) is 25.7 Å². The highest BCUT2D eigenvalue weighted by Crippen LogP contribution is 2.24. The summed E-state index contributed by atoms with van der Waals surface area (Å²) in [5.74, 6) is -0.314. The molecule has 0 saturated carbocycles. The molecule has 5 heteroatoms. The second-order valence-corrected chi connectivity index (χ2v) is 7.66. The maximum Gasteiger partial charge on any atom is 0.420 e. The zero-order chi connectivity index (χ0) is 20.9. The third-order valence-corrected chi connectivity index (χ3v) is 5.14. The van der Waals surface area contributed by atoms with Crippen molar-refractivity contribution >= 4 is 16.8 Å². The van der Waals surface area contributed by atoms with Gasteiger partial charge in [-0.2, -0.15) is 0 Å². The molecule has 0 aliphatic heterocycles. The van der Waals surface area contributed by atoms with E-state index in [1.807, 2.05) is 38.1 Å². The van der Waals surface area contributed by atoms with Crippen LogP contribution in [0.15, 0.2) is 82.0 Å². The Bertz CT molecular complexity index is 1180. The fraction of sp³-hybridized carbons (Fsp3) is 0.240. The van der Waals surface area contributed by atoms with Crippen LogP contribution in [0.4, 0.5) is 5.69 Å². The van der Waals surface area contributed by atoms with Crippen molar-refractivity contribution < 1.29 is 4.42 Å². The zero-order valence-electron chi connectivity index (χ0n) is 17.4. The standard InChI is InChI=1S/C25H27N3O2/c1-18(2)28-23-13-7-12-22(24(23)30-25(28)29)27-15-14-26-17-19-8-6-11-21(16-19)20-9-4-3-5-10-20/h3-13,16,18,26-27H,14-15,17H2,1-2H3. The fourth-order valence-corrected chi connectivity index (χ4v) is 3.69. The van der Waals surface area contributed by atoms with Gasteiger partial charge in [-0.3, -0.25) is 4.57 Å². The highest BCUT2D eigenvalue weighted by Gasteiger charge is 2.14. The van der Waals surface area contributed by atoms with Crippen LogP contribution in [-0.2, 0) is 6.54 Å². The molecule has 3 aromatic carbocycles. The number of nitrogens with zero attached hydrogens (tertiary/aromatic N) is 1. The van der Waals surface area contributed by atoms with Crippen LogP contribution in [-0.4, -0.2) is 17.7 Å². The van der Waals surface area contributed by atoms with Crippen molar-refractivity contribution in [1.29, 1.82) is 0 Å². The molecule has 0 bridgehead atoms. The van der Waals surface area contributed by atoms with E-state index < -0.39 is 0 Å². The van der Waals surface area contributed by atoms with Gasteiger partial charge in [0.1, 0.15) is 0 Å². The molecule has 4 aromatic rings. The molecular formula is C25H27N3O2. The molecule has 30 heavy (non-hydrogen) atoms. The van der Waals surface area contributed by atoms with E-state index in [0.717, 1.165) is 30.8 Å². The van der Waals surface area contributed by atoms with Crippen LogP contribution in [0, 0.1) is 0 Å². The quantitative estimate of drug-likeness (QED) is 0.406. The topological polar surface area (TPSA) is 59.2 Å². The number of fused-ring (bicyclic) bond motifs is 1. The van der Waals surface area contributed by atoms with E-state index in [2.05, 4.69) is 59.2 Å². The maximum absolute atomic E-state index is 12.2. The first-order valence-corrected chi connectivity index (χ1v) is 10.4. The molecule has 0 spiro atoms. The zero-order valence-corrected chi connectivity index (χ0v) is 17.4. The molecule has 0 aliphatic carbocycles. The lowest BCUT2D eigenvalue weighted by molar-refractivity contribution is 0.478. The lowest BCUT2D eigenvalue weighted by atomic mass is 10.0. The summed E-state index contributed by atoms with van der Waals surface area (Å²) < 4.78 is 7.18. The fourth-order valence-electron chi connectivity index (χ4n) is 3.69. The SMILES string of the molecule is CC(C)n1c(=O)oc2c(NCCNCc3cccc(-c4ccccc4)c3)cccc21. The summed E-state index contributed by atoms with van der Waals surface area (Å²) in [7, 11) is 0. The molecule has 0 unspecified atom stereocenters. The molecule has 0 fully saturated rings. The van der Waals surface area contributed by atoms with Gasteiger partial charge in [0.05, 0.1) is 11.2 Å². The van der Waals surface area contributed by atoms with Crippen LogP contribution in [0.25, 0.3) is 22.2 Å². The van der Waals surface area contributed by atoms with Gasteiger partial charge in [-0.25, -0.2) is 4.79 Å². The van der Waals surface area contributed by atoms with Crippen LogP contribution in [0.3, 0.4) is 0 Å².